The minimum Gasteiger partial charge on any atom is -0.338 e. The molecule has 0 bridgehead atoms. The van der Waals surface area contributed by atoms with E-state index in [-0.39, 0.29) is 38.6 Å². The van der Waals surface area contributed by atoms with E-state index < -0.39 is 21.8 Å². The molecule has 8 nitrogen and oxygen atoms in total. The van der Waals surface area contributed by atoms with Gasteiger partial charge >= 0.3 is 0 Å². The summed E-state index contributed by atoms with van der Waals surface area (Å²) in [5.41, 5.74) is 0.606. The highest BCUT2D eigenvalue weighted by Gasteiger charge is 2.37. The Morgan fingerprint density at radius 2 is 1.50 bits per heavy atom. The second kappa shape index (κ2) is 5.99. The number of fused-ring (bicyclic) bond motifs is 1. The Morgan fingerprint density at radius 1 is 1.00 bits per heavy atom. The summed E-state index contributed by atoms with van der Waals surface area (Å²) in [7, 11) is -3.27. The number of piperazine rings is 1. The molecular weight excluding hydrogens is 334 g/mol. The maximum Gasteiger partial charge on any atom is 0.262 e. The van der Waals surface area contributed by atoms with Crippen molar-refractivity contribution >= 4 is 27.7 Å². The lowest BCUT2D eigenvalue weighted by molar-refractivity contribution is -0.132. The Morgan fingerprint density at radius 3 is 1.96 bits per heavy atom. The molecule has 3 rings (SSSR count). The second-order valence-electron chi connectivity index (χ2n) is 5.78. The molecule has 24 heavy (non-hydrogen) atoms. The molecule has 1 aromatic carbocycles. The standard InChI is InChI=1S/C15H17N3O5S/c1-24(22,23)17-8-6-16(7-9-17)13(19)10-18-14(20)11-4-2-3-5-12(11)15(18)21/h2-5H,6-10H2,1H3. The van der Waals surface area contributed by atoms with Crippen LogP contribution in [0.2, 0.25) is 0 Å². The summed E-state index contributed by atoms with van der Waals surface area (Å²) in [6, 6.07) is 6.45. The number of carbonyl (C=O) groups excluding carboxylic acids is 3. The molecule has 0 aromatic heterocycles. The molecule has 1 fully saturated rings. The lowest BCUT2D eigenvalue weighted by Gasteiger charge is -2.33. The minimum atomic E-state index is -3.27. The lowest BCUT2D eigenvalue weighted by Crippen LogP contribution is -2.52. The Kier molecular flexibility index (Phi) is 4.14. The van der Waals surface area contributed by atoms with E-state index in [1.165, 1.54) is 9.21 Å². The van der Waals surface area contributed by atoms with Crippen molar-refractivity contribution in [2.24, 2.45) is 0 Å². The van der Waals surface area contributed by atoms with Crippen LogP contribution >= 0.6 is 0 Å². The van der Waals surface area contributed by atoms with Crippen LogP contribution in [0.1, 0.15) is 20.7 Å². The number of nitrogens with zero attached hydrogens (tertiary/aromatic N) is 3. The van der Waals surface area contributed by atoms with Crippen LogP contribution < -0.4 is 0 Å². The highest BCUT2D eigenvalue weighted by Crippen LogP contribution is 2.22. The first-order valence-corrected chi connectivity index (χ1v) is 9.32. The maximum atomic E-state index is 12.4. The van der Waals surface area contributed by atoms with Gasteiger partial charge in [0.25, 0.3) is 11.8 Å². The third-order valence-electron chi connectivity index (χ3n) is 4.23. The van der Waals surface area contributed by atoms with Gasteiger partial charge in [0, 0.05) is 26.2 Å². The van der Waals surface area contributed by atoms with Crippen molar-refractivity contribution in [3.63, 3.8) is 0 Å². The Bertz CT molecular complexity index is 777. The van der Waals surface area contributed by atoms with Crippen LogP contribution in [0.15, 0.2) is 24.3 Å². The van der Waals surface area contributed by atoms with E-state index in [1.807, 2.05) is 0 Å². The van der Waals surface area contributed by atoms with Gasteiger partial charge in [0.2, 0.25) is 15.9 Å². The molecule has 1 aromatic rings. The van der Waals surface area contributed by atoms with Crippen LogP contribution in [-0.4, -0.2) is 79.2 Å². The van der Waals surface area contributed by atoms with Gasteiger partial charge in [-0.3, -0.25) is 19.3 Å². The van der Waals surface area contributed by atoms with Crippen LogP contribution in [0.25, 0.3) is 0 Å². The summed E-state index contributed by atoms with van der Waals surface area (Å²) in [4.78, 5) is 39.3. The van der Waals surface area contributed by atoms with E-state index in [0.717, 1.165) is 11.2 Å². The maximum absolute atomic E-state index is 12.4. The summed E-state index contributed by atoms with van der Waals surface area (Å²) >= 11 is 0. The second-order valence-corrected chi connectivity index (χ2v) is 7.77. The zero-order valence-corrected chi connectivity index (χ0v) is 14.0. The molecule has 128 valence electrons. The number of amides is 3. The number of carbonyl (C=O) groups is 3. The Labute approximate surface area is 139 Å². The van der Waals surface area contributed by atoms with E-state index in [0.29, 0.717) is 11.1 Å². The van der Waals surface area contributed by atoms with Gasteiger partial charge in [0.15, 0.2) is 0 Å². The first kappa shape index (κ1) is 16.6. The van der Waals surface area contributed by atoms with Gasteiger partial charge in [-0.05, 0) is 12.1 Å². The fraction of sp³-hybridized carbons (Fsp3) is 0.400. The molecule has 3 amide bonds. The molecule has 0 atom stereocenters. The molecule has 2 aliphatic rings. The smallest absolute Gasteiger partial charge is 0.262 e. The Balaban J connectivity index is 1.65. The molecule has 2 aliphatic heterocycles. The number of hydrogen-bond donors (Lipinski definition) is 0. The van der Waals surface area contributed by atoms with Crippen LogP contribution in [0.4, 0.5) is 0 Å². The Hall–Kier alpha value is -2.26. The molecule has 9 heteroatoms. The largest absolute Gasteiger partial charge is 0.338 e. The average molecular weight is 351 g/mol. The van der Waals surface area contributed by atoms with Crippen LogP contribution in [-0.2, 0) is 14.8 Å². The van der Waals surface area contributed by atoms with E-state index in [4.69, 9.17) is 0 Å². The monoisotopic (exact) mass is 351 g/mol. The van der Waals surface area contributed by atoms with E-state index in [1.54, 1.807) is 24.3 Å². The number of imide groups is 1. The molecule has 0 unspecified atom stereocenters. The minimum absolute atomic E-state index is 0.215. The van der Waals surface area contributed by atoms with Crippen molar-refractivity contribution in [1.82, 2.24) is 14.1 Å². The van der Waals surface area contributed by atoms with Crippen molar-refractivity contribution in [2.75, 3.05) is 39.0 Å². The molecule has 0 N–H and O–H groups in total. The SMILES string of the molecule is CS(=O)(=O)N1CCN(C(=O)CN2C(=O)c3ccccc3C2=O)CC1. The predicted molar refractivity (Wildman–Crippen MR) is 84.8 cm³/mol. The summed E-state index contributed by atoms with van der Waals surface area (Å²) in [6.07, 6.45) is 1.13. The van der Waals surface area contributed by atoms with Gasteiger partial charge in [-0.2, -0.15) is 4.31 Å². The summed E-state index contributed by atoms with van der Waals surface area (Å²) in [5, 5.41) is 0. The summed E-state index contributed by atoms with van der Waals surface area (Å²) < 4.78 is 24.3. The van der Waals surface area contributed by atoms with Crippen LogP contribution in [0.5, 0.6) is 0 Å². The fourth-order valence-electron chi connectivity index (χ4n) is 2.89. The first-order chi connectivity index (χ1) is 11.3. The zero-order valence-electron chi connectivity index (χ0n) is 13.1. The first-order valence-electron chi connectivity index (χ1n) is 7.47. The molecule has 1 saturated heterocycles. The van der Waals surface area contributed by atoms with Gasteiger partial charge in [-0.15, -0.1) is 0 Å². The molecule has 0 saturated carbocycles. The number of hydrogen-bond acceptors (Lipinski definition) is 5. The normalized spacial score (nSPS) is 18.9. The van der Waals surface area contributed by atoms with Crippen molar-refractivity contribution in [3.8, 4) is 0 Å². The fourth-order valence-corrected chi connectivity index (χ4v) is 3.71. The van der Waals surface area contributed by atoms with Gasteiger partial charge in [0.1, 0.15) is 6.54 Å². The summed E-state index contributed by atoms with van der Waals surface area (Å²) in [5.74, 6) is -1.31. The van der Waals surface area contributed by atoms with E-state index >= 15 is 0 Å². The highest BCUT2D eigenvalue weighted by atomic mass is 32.2. The molecular formula is C15H17N3O5S. The van der Waals surface area contributed by atoms with Crippen molar-refractivity contribution < 1.29 is 22.8 Å². The van der Waals surface area contributed by atoms with Gasteiger partial charge in [0.05, 0.1) is 17.4 Å². The molecule has 0 radical (unpaired) electrons. The van der Waals surface area contributed by atoms with Crippen LogP contribution in [0.3, 0.4) is 0 Å². The van der Waals surface area contributed by atoms with E-state index in [2.05, 4.69) is 0 Å². The summed E-state index contributed by atoms with van der Waals surface area (Å²) in [6.45, 7) is 0.592. The van der Waals surface area contributed by atoms with Gasteiger partial charge in [-0.25, -0.2) is 8.42 Å². The lowest BCUT2D eigenvalue weighted by atomic mass is 10.1. The van der Waals surface area contributed by atoms with E-state index in [9.17, 15) is 22.8 Å². The van der Waals surface area contributed by atoms with Crippen molar-refractivity contribution in [3.05, 3.63) is 35.4 Å². The van der Waals surface area contributed by atoms with Crippen molar-refractivity contribution in [2.45, 2.75) is 0 Å². The third kappa shape index (κ3) is 2.92. The molecule has 0 spiro atoms. The highest BCUT2D eigenvalue weighted by molar-refractivity contribution is 7.88. The van der Waals surface area contributed by atoms with Crippen molar-refractivity contribution in [1.29, 1.82) is 0 Å². The predicted octanol–water partition coefficient (Wildman–Crippen LogP) is -0.614. The van der Waals surface area contributed by atoms with Crippen LogP contribution in [0, 0.1) is 0 Å². The topological polar surface area (TPSA) is 95.1 Å². The third-order valence-corrected chi connectivity index (χ3v) is 5.54. The number of benzene rings is 1. The van der Waals surface area contributed by atoms with Gasteiger partial charge in [-0.1, -0.05) is 12.1 Å². The zero-order chi connectivity index (χ0) is 17.5. The molecule has 0 aliphatic carbocycles. The van der Waals surface area contributed by atoms with Gasteiger partial charge < -0.3 is 4.90 Å². The number of rotatable bonds is 3. The average Bonchev–Trinajstić information content (AvgIpc) is 2.79. The quantitative estimate of drug-likeness (QED) is 0.677. The molecule has 2 heterocycles. The number of sulfonamides is 1.